The zero-order chi connectivity index (χ0) is 23.8. The number of methoxy groups -OCH3 is 2. The average molecular weight is 496 g/mol. The van der Waals surface area contributed by atoms with Gasteiger partial charge in [-0.3, -0.25) is 4.79 Å². The molecule has 0 bridgehead atoms. The van der Waals surface area contributed by atoms with Crippen LogP contribution in [0.15, 0.2) is 59.0 Å². The summed E-state index contributed by atoms with van der Waals surface area (Å²) in [4.78, 5) is 29.9. The maximum absolute atomic E-state index is 12.8. The van der Waals surface area contributed by atoms with Crippen molar-refractivity contribution in [2.24, 2.45) is 0 Å². The Morgan fingerprint density at radius 1 is 1.15 bits per heavy atom. The molecule has 1 N–H and O–H groups in total. The van der Waals surface area contributed by atoms with Crippen molar-refractivity contribution in [1.29, 1.82) is 0 Å². The molecule has 3 heterocycles. The molecule has 0 fully saturated rings. The first-order chi connectivity index (χ1) is 16.5. The van der Waals surface area contributed by atoms with E-state index in [1.807, 2.05) is 29.6 Å². The molecule has 1 amide bonds. The van der Waals surface area contributed by atoms with E-state index in [2.05, 4.69) is 15.4 Å². The van der Waals surface area contributed by atoms with Crippen LogP contribution in [-0.2, 0) is 11.3 Å². The number of thiophene rings is 1. The standard InChI is InChI=1S/C23H18ClN5O4S/c1-32-15-6-3-13(4-7-15)16-11-34-21-20(16)25-12-28-22(21)27-29(23(28)31)10-19(30)26-14-5-8-18(33-2)17(24)9-14/h3-9,11-12H,10H2,1-2H3,(H,26,30). The van der Waals surface area contributed by atoms with E-state index in [4.69, 9.17) is 21.1 Å². The molecule has 5 rings (SSSR count). The molecule has 0 saturated heterocycles. The second-order valence-corrected chi connectivity index (χ2v) is 8.62. The summed E-state index contributed by atoms with van der Waals surface area (Å²) >= 11 is 7.55. The molecule has 0 aliphatic heterocycles. The number of nitrogens with zero attached hydrogens (tertiary/aromatic N) is 4. The first kappa shape index (κ1) is 21.9. The van der Waals surface area contributed by atoms with Crippen LogP contribution >= 0.6 is 22.9 Å². The normalized spacial score (nSPS) is 11.1. The van der Waals surface area contributed by atoms with Crippen LogP contribution in [0.4, 0.5) is 5.69 Å². The van der Waals surface area contributed by atoms with Crippen LogP contribution in [0, 0.1) is 0 Å². The lowest BCUT2D eigenvalue weighted by Crippen LogP contribution is -2.28. The molecule has 5 aromatic rings. The number of benzene rings is 2. The Bertz CT molecular complexity index is 1590. The van der Waals surface area contributed by atoms with E-state index in [1.54, 1.807) is 25.3 Å². The summed E-state index contributed by atoms with van der Waals surface area (Å²) in [5.41, 5.74) is 3.12. The van der Waals surface area contributed by atoms with E-state index in [9.17, 15) is 9.59 Å². The molecule has 3 aromatic heterocycles. The van der Waals surface area contributed by atoms with Crippen LogP contribution in [0.25, 0.3) is 27.0 Å². The lowest BCUT2D eigenvalue weighted by molar-refractivity contribution is -0.117. The summed E-state index contributed by atoms with van der Waals surface area (Å²) in [7, 11) is 3.13. The molecular weight excluding hydrogens is 478 g/mol. The SMILES string of the molecule is COc1ccc(-c2csc3c2ncn2c(=O)n(CC(=O)Nc4ccc(OC)c(Cl)c4)nc32)cc1. The molecule has 0 radical (unpaired) electrons. The van der Waals surface area contributed by atoms with Gasteiger partial charge in [-0.25, -0.2) is 18.9 Å². The Morgan fingerprint density at radius 2 is 1.94 bits per heavy atom. The summed E-state index contributed by atoms with van der Waals surface area (Å²) < 4.78 is 13.5. The number of fused-ring (bicyclic) bond motifs is 3. The van der Waals surface area contributed by atoms with Crippen molar-refractivity contribution in [2.75, 3.05) is 19.5 Å². The third kappa shape index (κ3) is 3.87. The molecular formula is C23H18ClN5O4S. The van der Waals surface area contributed by atoms with Crippen molar-refractivity contribution in [3.05, 3.63) is 69.7 Å². The molecule has 34 heavy (non-hydrogen) atoms. The van der Waals surface area contributed by atoms with Gasteiger partial charge < -0.3 is 14.8 Å². The van der Waals surface area contributed by atoms with Crippen molar-refractivity contribution in [1.82, 2.24) is 19.2 Å². The van der Waals surface area contributed by atoms with E-state index in [0.717, 1.165) is 31.8 Å². The summed E-state index contributed by atoms with van der Waals surface area (Å²) in [5, 5.41) is 9.47. The molecule has 0 atom stereocenters. The highest BCUT2D eigenvalue weighted by Gasteiger charge is 2.17. The molecule has 0 aliphatic rings. The van der Waals surface area contributed by atoms with E-state index in [-0.39, 0.29) is 6.54 Å². The molecule has 0 unspecified atom stereocenters. The molecule has 0 spiro atoms. The number of halogens is 1. The highest BCUT2D eigenvalue weighted by atomic mass is 35.5. The van der Waals surface area contributed by atoms with Crippen molar-refractivity contribution >= 4 is 50.4 Å². The second kappa shape index (κ2) is 8.81. The number of carbonyl (C=O) groups is 1. The monoisotopic (exact) mass is 495 g/mol. The van der Waals surface area contributed by atoms with Gasteiger partial charge in [-0.05, 0) is 35.9 Å². The zero-order valence-electron chi connectivity index (χ0n) is 18.1. The van der Waals surface area contributed by atoms with Gasteiger partial charge in [0.15, 0.2) is 5.65 Å². The van der Waals surface area contributed by atoms with Crippen LogP contribution < -0.4 is 20.5 Å². The largest absolute Gasteiger partial charge is 0.497 e. The Kier molecular flexibility index (Phi) is 5.68. The van der Waals surface area contributed by atoms with Gasteiger partial charge in [0, 0.05) is 16.6 Å². The molecule has 172 valence electrons. The molecule has 2 aromatic carbocycles. The third-order valence-electron chi connectivity index (χ3n) is 5.27. The van der Waals surface area contributed by atoms with Crippen LogP contribution in [0.3, 0.4) is 0 Å². The summed E-state index contributed by atoms with van der Waals surface area (Å²) in [6.45, 7) is -0.262. The maximum Gasteiger partial charge on any atom is 0.352 e. The van der Waals surface area contributed by atoms with Crippen molar-refractivity contribution in [2.45, 2.75) is 6.54 Å². The highest BCUT2D eigenvalue weighted by molar-refractivity contribution is 7.18. The van der Waals surface area contributed by atoms with E-state index < -0.39 is 11.6 Å². The van der Waals surface area contributed by atoms with Gasteiger partial charge in [-0.2, -0.15) is 0 Å². The smallest absolute Gasteiger partial charge is 0.352 e. The summed E-state index contributed by atoms with van der Waals surface area (Å²) in [6.07, 6.45) is 1.43. The van der Waals surface area contributed by atoms with Gasteiger partial charge in [0.05, 0.1) is 29.5 Å². The van der Waals surface area contributed by atoms with Gasteiger partial charge >= 0.3 is 5.69 Å². The Balaban J connectivity index is 1.45. The summed E-state index contributed by atoms with van der Waals surface area (Å²) in [5.74, 6) is 0.845. The average Bonchev–Trinajstić information content (AvgIpc) is 3.41. The minimum absolute atomic E-state index is 0.262. The number of carbonyl (C=O) groups excluding carboxylic acids is 1. The lowest BCUT2D eigenvalue weighted by Gasteiger charge is -2.07. The van der Waals surface area contributed by atoms with Crippen LogP contribution in [0.1, 0.15) is 0 Å². The second-order valence-electron chi connectivity index (χ2n) is 7.33. The molecule has 9 nitrogen and oxygen atoms in total. The van der Waals surface area contributed by atoms with Gasteiger partial charge in [-0.15, -0.1) is 16.4 Å². The van der Waals surface area contributed by atoms with Crippen LogP contribution in [0.2, 0.25) is 5.02 Å². The number of hydrogen-bond acceptors (Lipinski definition) is 7. The first-order valence-corrected chi connectivity index (χ1v) is 11.4. The number of ether oxygens (including phenoxy) is 2. The Hall–Kier alpha value is -3.89. The fourth-order valence-electron chi connectivity index (χ4n) is 3.59. The van der Waals surface area contributed by atoms with Crippen molar-refractivity contribution in [3.8, 4) is 22.6 Å². The fraction of sp³-hybridized carbons (Fsp3) is 0.130. The molecule has 11 heteroatoms. The lowest BCUT2D eigenvalue weighted by atomic mass is 10.1. The van der Waals surface area contributed by atoms with E-state index in [1.165, 1.54) is 29.2 Å². The van der Waals surface area contributed by atoms with Crippen molar-refractivity contribution < 1.29 is 14.3 Å². The van der Waals surface area contributed by atoms with Crippen molar-refractivity contribution in [3.63, 3.8) is 0 Å². The number of aromatic nitrogens is 4. The number of anilines is 1. The quantitative estimate of drug-likeness (QED) is 0.381. The zero-order valence-corrected chi connectivity index (χ0v) is 19.7. The van der Waals surface area contributed by atoms with E-state index >= 15 is 0 Å². The number of rotatable bonds is 6. The predicted octanol–water partition coefficient (Wildman–Crippen LogP) is 4.08. The minimum Gasteiger partial charge on any atom is -0.497 e. The number of amides is 1. The van der Waals surface area contributed by atoms with Crippen LogP contribution in [-0.4, -0.2) is 39.3 Å². The number of nitrogens with one attached hydrogen (secondary N) is 1. The van der Waals surface area contributed by atoms with Gasteiger partial charge in [0.1, 0.15) is 24.4 Å². The summed E-state index contributed by atoms with van der Waals surface area (Å²) in [6, 6.07) is 12.5. The Labute approximate surface area is 202 Å². The van der Waals surface area contributed by atoms with E-state index in [0.29, 0.717) is 22.1 Å². The van der Waals surface area contributed by atoms with Crippen LogP contribution in [0.5, 0.6) is 11.5 Å². The topological polar surface area (TPSA) is 99.8 Å². The maximum atomic E-state index is 12.8. The first-order valence-electron chi connectivity index (χ1n) is 10.1. The third-order valence-corrected chi connectivity index (χ3v) is 6.53. The number of hydrogen-bond donors (Lipinski definition) is 1. The van der Waals surface area contributed by atoms with Gasteiger partial charge in [-0.1, -0.05) is 23.7 Å². The predicted molar refractivity (Wildman–Crippen MR) is 131 cm³/mol. The molecule has 0 aliphatic carbocycles. The Morgan fingerprint density at radius 3 is 2.65 bits per heavy atom. The van der Waals surface area contributed by atoms with Gasteiger partial charge in [0.2, 0.25) is 5.91 Å². The molecule has 0 saturated carbocycles. The minimum atomic E-state index is -0.452. The highest BCUT2D eigenvalue weighted by Crippen LogP contribution is 2.34. The van der Waals surface area contributed by atoms with Gasteiger partial charge in [0.25, 0.3) is 0 Å². The fourth-order valence-corrected chi connectivity index (χ4v) is 4.85.